The minimum atomic E-state index is -3.98. The Kier molecular flexibility index (Phi) is 3.13. The van der Waals surface area contributed by atoms with Gasteiger partial charge in [-0.2, -0.15) is 5.10 Å². The predicted molar refractivity (Wildman–Crippen MR) is 77.0 cm³/mol. The predicted octanol–water partition coefficient (Wildman–Crippen LogP) is 0.985. The third-order valence-corrected chi connectivity index (χ3v) is 5.22. The second-order valence-corrected chi connectivity index (χ2v) is 6.88. The summed E-state index contributed by atoms with van der Waals surface area (Å²) in [5.74, 6) is -1.26. The standard InChI is InChI=1S/C14H13N3O4S/c1-9-7-10(2)17(15-9)13(18)8-16-14(19)11-5-3-4-6-12(11)22(16,20)21/h3-7H,8H2,1-2H3. The van der Waals surface area contributed by atoms with Crippen molar-refractivity contribution in [2.24, 2.45) is 0 Å². The fourth-order valence-corrected chi connectivity index (χ4v) is 3.98. The number of nitrogens with zero attached hydrogens (tertiary/aromatic N) is 3. The molecule has 0 N–H and O–H groups in total. The lowest BCUT2D eigenvalue weighted by atomic mass is 10.2. The molecular formula is C14H13N3O4S. The highest BCUT2D eigenvalue weighted by molar-refractivity contribution is 7.90. The number of carbonyl (C=O) groups is 2. The van der Waals surface area contributed by atoms with Crippen LogP contribution in [0, 0.1) is 13.8 Å². The zero-order valence-corrected chi connectivity index (χ0v) is 12.8. The third-order valence-electron chi connectivity index (χ3n) is 3.44. The van der Waals surface area contributed by atoms with Crippen LogP contribution in [0.15, 0.2) is 35.2 Å². The molecule has 22 heavy (non-hydrogen) atoms. The number of sulfonamides is 1. The summed E-state index contributed by atoms with van der Waals surface area (Å²) in [4.78, 5) is 24.4. The molecule has 114 valence electrons. The molecule has 2 heterocycles. The van der Waals surface area contributed by atoms with Gasteiger partial charge in [-0.25, -0.2) is 17.4 Å². The first-order valence-corrected chi connectivity index (χ1v) is 7.99. The summed E-state index contributed by atoms with van der Waals surface area (Å²) in [7, 11) is -3.98. The van der Waals surface area contributed by atoms with E-state index in [4.69, 9.17) is 0 Å². The van der Waals surface area contributed by atoms with E-state index in [1.165, 1.54) is 18.2 Å². The largest absolute Gasteiger partial charge is 0.270 e. The van der Waals surface area contributed by atoms with Crippen LogP contribution in [0.5, 0.6) is 0 Å². The highest BCUT2D eigenvalue weighted by Gasteiger charge is 2.42. The van der Waals surface area contributed by atoms with Crippen LogP contribution in [0.4, 0.5) is 0 Å². The lowest BCUT2D eigenvalue weighted by molar-refractivity contribution is 0.0776. The molecule has 1 aromatic carbocycles. The van der Waals surface area contributed by atoms with Gasteiger partial charge >= 0.3 is 0 Å². The summed E-state index contributed by atoms with van der Waals surface area (Å²) >= 11 is 0. The Balaban J connectivity index is 1.96. The van der Waals surface area contributed by atoms with Gasteiger partial charge in [0, 0.05) is 5.69 Å². The van der Waals surface area contributed by atoms with Crippen LogP contribution >= 0.6 is 0 Å². The van der Waals surface area contributed by atoms with E-state index in [1.807, 2.05) is 0 Å². The fourth-order valence-electron chi connectivity index (χ4n) is 2.46. The van der Waals surface area contributed by atoms with Crippen molar-refractivity contribution in [3.8, 4) is 0 Å². The van der Waals surface area contributed by atoms with Crippen molar-refractivity contribution in [2.45, 2.75) is 18.7 Å². The summed E-state index contributed by atoms with van der Waals surface area (Å²) in [6, 6.07) is 7.61. The number of benzene rings is 1. The van der Waals surface area contributed by atoms with Crippen LogP contribution in [0.3, 0.4) is 0 Å². The van der Waals surface area contributed by atoms with E-state index < -0.39 is 28.4 Å². The van der Waals surface area contributed by atoms with Gasteiger partial charge in [-0.15, -0.1) is 0 Å². The van der Waals surface area contributed by atoms with Gasteiger partial charge in [-0.05, 0) is 32.0 Å². The van der Waals surface area contributed by atoms with Crippen LogP contribution in [-0.2, 0) is 10.0 Å². The molecule has 0 aliphatic carbocycles. The number of aromatic nitrogens is 2. The summed E-state index contributed by atoms with van der Waals surface area (Å²) in [5, 5.41) is 4.01. The Morgan fingerprint density at radius 2 is 1.91 bits per heavy atom. The SMILES string of the molecule is Cc1cc(C)n(C(=O)CN2C(=O)c3ccccc3S2(=O)=O)n1. The zero-order chi connectivity index (χ0) is 16.1. The summed E-state index contributed by atoms with van der Waals surface area (Å²) in [6.45, 7) is 2.84. The Morgan fingerprint density at radius 3 is 2.50 bits per heavy atom. The normalized spacial score (nSPS) is 15.9. The number of aryl methyl sites for hydroxylation is 2. The van der Waals surface area contributed by atoms with Crippen molar-refractivity contribution in [1.29, 1.82) is 0 Å². The van der Waals surface area contributed by atoms with Crippen molar-refractivity contribution in [1.82, 2.24) is 14.1 Å². The highest BCUT2D eigenvalue weighted by Crippen LogP contribution is 2.29. The first-order chi connectivity index (χ1) is 10.3. The van der Waals surface area contributed by atoms with Crippen LogP contribution in [0.2, 0.25) is 0 Å². The average molecular weight is 319 g/mol. The molecule has 2 aromatic rings. The van der Waals surface area contributed by atoms with Crippen molar-refractivity contribution in [2.75, 3.05) is 6.54 Å². The van der Waals surface area contributed by atoms with Crippen LogP contribution in [0.25, 0.3) is 0 Å². The molecule has 0 saturated carbocycles. The fraction of sp³-hybridized carbons (Fsp3) is 0.214. The zero-order valence-electron chi connectivity index (χ0n) is 12.0. The minimum Gasteiger partial charge on any atom is -0.270 e. The molecule has 0 unspecified atom stereocenters. The highest BCUT2D eigenvalue weighted by atomic mass is 32.2. The molecule has 3 rings (SSSR count). The number of hydrogen-bond donors (Lipinski definition) is 0. The first-order valence-electron chi connectivity index (χ1n) is 6.55. The molecule has 7 nitrogen and oxygen atoms in total. The Bertz CT molecular complexity index is 899. The molecule has 0 saturated heterocycles. The number of rotatable bonds is 2. The van der Waals surface area contributed by atoms with Crippen molar-refractivity contribution in [3.63, 3.8) is 0 Å². The Morgan fingerprint density at radius 1 is 1.23 bits per heavy atom. The van der Waals surface area contributed by atoms with E-state index in [0.29, 0.717) is 15.7 Å². The average Bonchev–Trinajstić information content (AvgIpc) is 2.90. The second kappa shape index (κ2) is 4.77. The summed E-state index contributed by atoms with van der Waals surface area (Å²) in [5.41, 5.74) is 1.32. The van der Waals surface area contributed by atoms with Gasteiger partial charge in [0.05, 0.1) is 11.3 Å². The van der Waals surface area contributed by atoms with Crippen LogP contribution < -0.4 is 0 Å². The molecule has 1 aliphatic heterocycles. The van der Waals surface area contributed by atoms with E-state index >= 15 is 0 Å². The Labute approximate surface area is 127 Å². The molecule has 0 spiro atoms. The molecule has 1 aromatic heterocycles. The van der Waals surface area contributed by atoms with E-state index in [2.05, 4.69) is 5.10 Å². The number of amides is 1. The molecule has 8 heteroatoms. The number of carbonyl (C=O) groups excluding carboxylic acids is 2. The lowest BCUT2D eigenvalue weighted by Gasteiger charge is -2.14. The van der Waals surface area contributed by atoms with E-state index in [1.54, 1.807) is 26.0 Å². The van der Waals surface area contributed by atoms with E-state index in [9.17, 15) is 18.0 Å². The molecule has 0 radical (unpaired) electrons. The van der Waals surface area contributed by atoms with Crippen molar-refractivity contribution < 1.29 is 18.0 Å². The van der Waals surface area contributed by atoms with Gasteiger partial charge in [0.15, 0.2) is 0 Å². The van der Waals surface area contributed by atoms with Gasteiger partial charge < -0.3 is 0 Å². The first kappa shape index (κ1) is 14.5. The molecule has 1 aliphatic rings. The van der Waals surface area contributed by atoms with Crippen LogP contribution in [0.1, 0.15) is 26.5 Å². The Hall–Kier alpha value is -2.48. The molecule has 1 amide bonds. The monoisotopic (exact) mass is 319 g/mol. The smallest absolute Gasteiger partial charge is 0.269 e. The molecule has 0 atom stereocenters. The summed E-state index contributed by atoms with van der Waals surface area (Å²) < 4.78 is 26.5. The molecule has 0 bridgehead atoms. The molecular weight excluding hydrogens is 306 g/mol. The molecule has 0 fully saturated rings. The van der Waals surface area contributed by atoms with E-state index in [-0.39, 0.29) is 10.5 Å². The minimum absolute atomic E-state index is 0.0684. The van der Waals surface area contributed by atoms with E-state index in [0.717, 1.165) is 4.68 Å². The maximum Gasteiger partial charge on any atom is 0.269 e. The van der Waals surface area contributed by atoms with Crippen molar-refractivity contribution in [3.05, 3.63) is 47.3 Å². The van der Waals surface area contributed by atoms with Gasteiger partial charge in [-0.3, -0.25) is 9.59 Å². The van der Waals surface area contributed by atoms with Gasteiger partial charge in [-0.1, -0.05) is 12.1 Å². The van der Waals surface area contributed by atoms with Crippen molar-refractivity contribution >= 4 is 21.8 Å². The van der Waals surface area contributed by atoms with Gasteiger partial charge in [0.1, 0.15) is 11.4 Å². The number of hydrogen-bond acceptors (Lipinski definition) is 5. The summed E-state index contributed by atoms with van der Waals surface area (Å²) in [6.07, 6.45) is 0. The maximum absolute atomic E-state index is 12.4. The maximum atomic E-state index is 12.4. The topological polar surface area (TPSA) is 89.3 Å². The quantitative estimate of drug-likeness (QED) is 0.823. The van der Waals surface area contributed by atoms with Crippen LogP contribution in [-0.4, -0.2) is 40.9 Å². The number of fused-ring (bicyclic) bond motifs is 1. The van der Waals surface area contributed by atoms with Gasteiger partial charge in [0.2, 0.25) is 0 Å². The second-order valence-electron chi connectivity index (χ2n) is 5.05. The lowest BCUT2D eigenvalue weighted by Crippen LogP contribution is -2.37. The third kappa shape index (κ3) is 2.03. The van der Waals surface area contributed by atoms with Gasteiger partial charge in [0.25, 0.3) is 21.8 Å².